The Hall–Kier alpha value is -2.25. The second kappa shape index (κ2) is 8.41. The number of nitrogens with one attached hydrogen (secondary N) is 1. The topological polar surface area (TPSA) is 67.9 Å². The van der Waals surface area contributed by atoms with Crippen LogP contribution >= 0.6 is 0 Å². The Morgan fingerprint density at radius 2 is 1.61 bits per heavy atom. The van der Waals surface area contributed by atoms with E-state index in [-0.39, 0.29) is 4.90 Å². The maximum absolute atomic E-state index is 12.6. The molecule has 7 heteroatoms. The Labute approximate surface area is 166 Å². The van der Waals surface area contributed by atoms with Gasteiger partial charge in [-0.3, -0.25) is 0 Å². The van der Waals surface area contributed by atoms with Crippen LogP contribution in [-0.2, 0) is 16.4 Å². The van der Waals surface area contributed by atoms with Gasteiger partial charge in [-0.2, -0.15) is 0 Å². The van der Waals surface area contributed by atoms with Crippen LogP contribution in [0.2, 0.25) is 0 Å². The quantitative estimate of drug-likeness (QED) is 0.805. The summed E-state index contributed by atoms with van der Waals surface area (Å²) in [6.07, 6.45) is 4.47. The van der Waals surface area contributed by atoms with E-state index in [1.165, 1.54) is 31.0 Å². The molecule has 2 aliphatic rings. The number of rotatable bonds is 6. The van der Waals surface area contributed by atoms with Gasteiger partial charge in [0.1, 0.15) is 13.2 Å². The van der Waals surface area contributed by atoms with E-state index in [2.05, 4.69) is 33.9 Å². The van der Waals surface area contributed by atoms with E-state index in [0.29, 0.717) is 37.7 Å². The van der Waals surface area contributed by atoms with Gasteiger partial charge in [-0.15, -0.1) is 0 Å². The minimum Gasteiger partial charge on any atom is -0.486 e. The monoisotopic (exact) mass is 402 g/mol. The Morgan fingerprint density at radius 1 is 0.893 bits per heavy atom. The maximum Gasteiger partial charge on any atom is 0.240 e. The number of nitrogens with zero attached hydrogens (tertiary/aromatic N) is 1. The van der Waals surface area contributed by atoms with Crippen LogP contribution in [0.4, 0.5) is 5.69 Å². The van der Waals surface area contributed by atoms with Gasteiger partial charge < -0.3 is 14.4 Å². The van der Waals surface area contributed by atoms with Crippen LogP contribution in [0.5, 0.6) is 11.5 Å². The first kappa shape index (κ1) is 19.1. The molecule has 6 nitrogen and oxygen atoms in total. The molecule has 1 fully saturated rings. The van der Waals surface area contributed by atoms with Crippen molar-refractivity contribution in [2.24, 2.45) is 0 Å². The third kappa shape index (κ3) is 4.42. The molecule has 1 N–H and O–H groups in total. The number of piperidine rings is 1. The van der Waals surface area contributed by atoms with Gasteiger partial charge in [-0.25, -0.2) is 13.1 Å². The summed E-state index contributed by atoms with van der Waals surface area (Å²) in [4.78, 5) is 2.61. The van der Waals surface area contributed by atoms with Gasteiger partial charge in [-0.1, -0.05) is 12.1 Å². The predicted molar refractivity (Wildman–Crippen MR) is 109 cm³/mol. The number of sulfonamides is 1. The highest BCUT2D eigenvalue weighted by Crippen LogP contribution is 2.32. The number of ether oxygens (including phenoxy) is 2. The summed E-state index contributed by atoms with van der Waals surface area (Å²) in [5.74, 6) is 1.06. The highest BCUT2D eigenvalue weighted by Gasteiger charge is 2.19. The smallest absolute Gasteiger partial charge is 0.240 e. The van der Waals surface area contributed by atoms with Crippen LogP contribution in [0.3, 0.4) is 0 Å². The van der Waals surface area contributed by atoms with Gasteiger partial charge >= 0.3 is 0 Å². The summed E-state index contributed by atoms with van der Waals surface area (Å²) in [5, 5.41) is 0. The van der Waals surface area contributed by atoms with E-state index in [0.717, 1.165) is 18.7 Å². The van der Waals surface area contributed by atoms with Gasteiger partial charge in [0.25, 0.3) is 0 Å². The zero-order chi connectivity index (χ0) is 19.4. The molecule has 28 heavy (non-hydrogen) atoms. The predicted octanol–water partition coefficient (Wildman–Crippen LogP) is 2.97. The van der Waals surface area contributed by atoms with Crippen molar-refractivity contribution in [2.45, 2.75) is 30.6 Å². The SMILES string of the molecule is O=S(=O)(NCCc1ccc(N2CCCCC2)cc1)c1ccc2c(c1)OCCO2. The lowest BCUT2D eigenvalue weighted by Gasteiger charge is -2.28. The van der Waals surface area contributed by atoms with E-state index in [1.54, 1.807) is 12.1 Å². The molecule has 0 amide bonds. The zero-order valence-electron chi connectivity index (χ0n) is 15.9. The normalized spacial score (nSPS) is 16.8. The third-order valence-corrected chi connectivity index (χ3v) is 6.65. The standard InChI is InChI=1S/C21H26N2O4S/c24-28(25,19-8-9-20-21(16-19)27-15-14-26-20)22-11-10-17-4-6-18(7-5-17)23-12-2-1-3-13-23/h4-9,16,22H,1-3,10-15H2. The Balaban J connectivity index is 1.34. The molecule has 150 valence electrons. The molecule has 0 bridgehead atoms. The van der Waals surface area contributed by atoms with Crippen LogP contribution in [0.15, 0.2) is 47.4 Å². The van der Waals surface area contributed by atoms with E-state index < -0.39 is 10.0 Å². The number of fused-ring (bicyclic) bond motifs is 1. The van der Waals surface area contributed by atoms with Crippen LogP contribution in [0.1, 0.15) is 24.8 Å². The zero-order valence-corrected chi connectivity index (χ0v) is 16.7. The Morgan fingerprint density at radius 3 is 2.36 bits per heavy atom. The molecule has 0 radical (unpaired) electrons. The van der Waals surface area contributed by atoms with Gasteiger partial charge in [0.05, 0.1) is 4.90 Å². The van der Waals surface area contributed by atoms with Crippen molar-refractivity contribution in [3.63, 3.8) is 0 Å². The first-order valence-electron chi connectivity index (χ1n) is 9.85. The minimum atomic E-state index is -3.58. The fourth-order valence-corrected chi connectivity index (χ4v) is 4.68. The molecule has 2 aromatic rings. The fourth-order valence-electron chi connectivity index (χ4n) is 3.63. The van der Waals surface area contributed by atoms with Crippen molar-refractivity contribution in [2.75, 3.05) is 37.7 Å². The summed E-state index contributed by atoms with van der Waals surface area (Å²) >= 11 is 0. The molecule has 0 spiro atoms. The molecular weight excluding hydrogens is 376 g/mol. The first-order chi connectivity index (χ1) is 13.6. The summed E-state index contributed by atoms with van der Waals surface area (Å²) in [6.45, 7) is 3.49. The van der Waals surface area contributed by atoms with Crippen molar-refractivity contribution in [3.05, 3.63) is 48.0 Å². The summed E-state index contributed by atoms with van der Waals surface area (Å²) in [5.41, 5.74) is 2.37. The highest BCUT2D eigenvalue weighted by atomic mass is 32.2. The average Bonchev–Trinajstić information content (AvgIpc) is 2.74. The number of anilines is 1. The molecule has 0 saturated carbocycles. The minimum absolute atomic E-state index is 0.192. The summed E-state index contributed by atoms with van der Waals surface area (Å²) < 4.78 is 38.7. The average molecular weight is 403 g/mol. The molecule has 0 aliphatic carbocycles. The second-order valence-electron chi connectivity index (χ2n) is 7.17. The summed E-state index contributed by atoms with van der Waals surface area (Å²) in [6, 6.07) is 13.1. The number of hydrogen-bond acceptors (Lipinski definition) is 5. The Kier molecular flexibility index (Phi) is 5.73. The van der Waals surface area contributed by atoms with Gasteiger partial charge in [0.15, 0.2) is 11.5 Å². The van der Waals surface area contributed by atoms with E-state index in [4.69, 9.17) is 9.47 Å². The van der Waals surface area contributed by atoms with Crippen molar-refractivity contribution in [3.8, 4) is 11.5 Å². The first-order valence-corrected chi connectivity index (χ1v) is 11.3. The summed E-state index contributed by atoms with van der Waals surface area (Å²) in [7, 11) is -3.58. The lowest BCUT2D eigenvalue weighted by molar-refractivity contribution is 0.171. The number of hydrogen-bond donors (Lipinski definition) is 1. The molecule has 2 aromatic carbocycles. The van der Waals surface area contributed by atoms with Crippen molar-refractivity contribution >= 4 is 15.7 Å². The maximum atomic E-state index is 12.6. The van der Waals surface area contributed by atoms with Crippen LogP contribution in [0, 0.1) is 0 Å². The molecule has 0 unspecified atom stereocenters. The highest BCUT2D eigenvalue weighted by molar-refractivity contribution is 7.89. The molecule has 2 heterocycles. The molecule has 0 aromatic heterocycles. The van der Waals surface area contributed by atoms with Crippen LogP contribution in [-0.4, -0.2) is 41.3 Å². The molecule has 0 atom stereocenters. The Bertz CT molecular complexity index is 907. The van der Waals surface area contributed by atoms with E-state index >= 15 is 0 Å². The number of benzene rings is 2. The molecule has 1 saturated heterocycles. The molecule has 4 rings (SSSR count). The second-order valence-corrected chi connectivity index (χ2v) is 8.93. The third-order valence-electron chi connectivity index (χ3n) is 5.19. The lowest BCUT2D eigenvalue weighted by Crippen LogP contribution is -2.29. The fraction of sp³-hybridized carbons (Fsp3) is 0.429. The lowest BCUT2D eigenvalue weighted by atomic mass is 10.1. The van der Waals surface area contributed by atoms with Crippen molar-refractivity contribution in [1.29, 1.82) is 0 Å². The van der Waals surface area contributed by atoms with Crippen molar-refractivity contribution in [1.82, 2.24) is 4.72 Å². The van der Waals surface area contributed by atoms with Crippen molar-refractivity contribution < 1.29 is 17.9 Å². The van der Waals surface area contributed by atoms with Crippen LogP contribution in [0.25, 0.3) is 0 Å². The van der Waals surface area contributed by atoms with Gasteiger partial charge in [0, 0.05) is 31.4 Å². The molecule has 2 aliphatic heterocycles. The van der Waals surface area contributed by atoms with E-state index in [1.807, 2.05) is 0 Å². The molecular formula is C21H26N2O4S. The van der Waals surface area contributed by atoms with Gasteiger partial charge in [-0.05, 0) is 55.5 Å². The van der Waals surface area contributed by atoms with Gasteiger partial charge in [0.2, 0.25) is 10.0 Å². The van der Waals surface area contributed by atoms with Crippen LogP contribution < -0.4 is 19.1 Å². The largest absolute Gasteiger partial charge is 0.486 e. The van der Waals surface area contributed by atoms with E-state index in [9.17, 15) is 8.42 Å².